The van der Waals surface area contributed by atoms with Gasteiger partial charge in [-0.1, -0.05) is 24.3 Å². The van der Waals surface area contributed by atoms with E-state index in [-0.39, 0.29) is 5.56 Å². The molecule has 114 valence electrons. The van der Waals surface area contributed by atoms with E-state index in [1.165, 1.54) is 16.0 Å². The number of thiophene rings is 1. The largest absolute Gasteiger partial charge is 0.276 e. The van der Waals surface area contributed by atoms with Gasteiger partial charge in [0.1, 0.15) is 0 Å². The highest BCUT2D eigenvalue weighted by atomic mass is 79.9. The number of fused-ring (bicyclic) bond motifs is 2. The van der Waals surface area contributed by atoms with Gasteiger partial charge in [-0.25, -0.2) is 4.68 Å². The number of pyridine rings is 1. The fourth-order valence-corrected chi connectivity index (χ4v) is 4.15. The van der Waals surface area contributed by atoms with E-state index in [1.807, 2.05) is 35.7 Å². The number of aromatic nitrogens is 3. The van der Waals surface area contributed by atoms with Crippen LogP contribution in [0.2, 0.25) is 0 Å². The van der Waals surface area contributed by atoms with Gasteiger partial charge in [0, 0.05) is 27.4 Å². The number of nitrogens with zero attached hydrogens (tertiary/aromatic N) is 3. The number of para-hydroxylation sites is 1. The summed E-state index contributed by atoms with van der Waals surface area (Å²) in [7, 11) is 0. The second-order valence-corrected chi connectivity index (χ2v) is 7.01. The molecule has 0 saturated carbocycles. The van der Waals surface area contributed by atoms with Crippen molar-refractivity contribution in [3.63, 3.8) is 0 Å². The quantitative estimate of drug-likeness (QED) is 0.535. The molecule has 4 rings (SSSR count). The first-order chi connectivity index (χ1) is 11.2. The molecule has 6 heteroatoms. The topological polar surface area (TPSA) is 47.8 Å². The predicted octanol–water partition coefficient (Wildman–Crippen LogP) is 4.01. The smallest absolute Gasteiger partial charge is 0.267 e. The number of hydrogen-bond donors (Lipinski definition) is 0. The number of aryl methyl sites for hydroxylation is 2. The molecule has 0 atom stereocenters. The normalized spacial score (nSPS) is 11.3. The zero-order valence-corrected chi connectivity index (χ0v) is 14.5. The summed E-state index contributed by atoms with van der Waals surface area (Å²) in [6.07, 6.45) is 2.42. The number of rotatable bonds is 3. The van der Waals surface area contributed by atoms with Gasteiger partial charge in [-0.15, -0.1) is 11.3 Å². The molecule has 0 bridgehead atoms. The maximum absolute atomic E-state index is 12.5. The van der Waals surface area contributed by atoms with Crippen LogP contribution in [0.25, 0.3) is 21.0 Å². The van der Waals surface area contributed by atoms with Crippen LogP contribution in [0.5, 0.6) is 0 Å². The Labute approximate surface area is 144 Å². The maximum Gasteiger partial charge on any atom is 0.276 e. The lowest BCUT2D eigenvalue weighted by Crippen LogP contribution is -2.23. The van der Waals surface area contributed by atoms with E-state index in [2.05, 4.69) is 32.1 Å². The van der Waals surface area contributed by atoms with Crippen molar-refractivity contribution in [2.45, 2.75) is 13.0 Å². The highest BCUT2D eigenvalue weighted by molar-refractivity contribution is 9.10. The van der Waals surface area contributed by atoms with Gasteiger partial charge >= 0.3 is 0 Å². The predicted molar refractivity (Wildman–Crippen MR) is 97.0 cm³/mol. The molecule has 3 heterocycles. The Kier molecular flexibility index (Phi) is 3.71. The van der Waals surface area contributed by atoms with Crippen LogP contribution in [-0.4, -0.2) is 14.8 Å². The third kappa shape index (κ3) is 2.68. The first-order valence-corrected chi connectivity index (χ1v) is 8.87. The van der Waals surface area contributed by atoms with Crippen LogP contribution in [0.3, 0.4) is 0 Å². The van der Waals surface area contributed by atoms with E-state index in [9.17, 15) is 4.79 Å². The lowest BCUT2D eigenvalue weighted by molar-refractivity contribution is 0.580. The Morgan fingerprint density at radius 3 is 2.96 bits per heavy atom. The Bertz CT molecular complexity index is 1070. The summed E-state index contributed by atoms with van der Waals surface area (Å²) in [6, 6.07) is 12.1. The van der Waals surface area contributed by atoms with E-state index in [1.54, 1.807) is 6.20 Å². The Morgan fingerprint density at radius 2 is 2.04 bits per heavy atom. The highest BCUT2D eigenvalue weighted by Crippen LogP contribution is 2.26. The molecule has 0 aliphatic carbocycles. The van der Waals surface area contributed by atoms with Gasteiger partial charge in [0.2, 0.25) is 0 Å². The molecule has 0 spiro atoms. The van der Waals surface area contributed by atoms with Crippen LogP contribution in [0, 0.1) is 0 Å². The first kappa shape index (κ1) is 14.5. The van der Waals surface area contributed by atoms with E-state index in [4.69, 9.17) is 0 Å². The summed E-state index contributed by atoms with van der Waals surface area (Å²) in [5, 5.41) is 8.01. The minimum absolute atomic E-state index is 0.0589. The molecule has 0 aliphatic heterocycles. The molecule has 0 unspecified atom stereocenters. The van der Waals surface area contributed by atoms with Crippen molar-refractivity contribution in [1.82, 2.24) is 14.8 Å². The number of halogens is 1. The molecular weight excluding hydrogens is 374 g/mol. The van der Waals surface area contributed by atoms with Gasteiger partial charge in [0.05, 0.1) is 28.3 Å². The fraction of sp³-hybridized carbons (Fsp3) is 0.118. The maximum atomic E-state index is 12.5. The second kappa shape index (κ2) is 5.86. The molecule has 1 aromatic carbocycles. The molecule has 0 aliphatic rings. The van der Waals surface area contributed by atoms with Crippen molar-refractivity contribution in [3.05, 3.63) is 68.5 Å². The molecule has 23 heavy (non-hydrogen) atoms. The van der Waals surface area contributed by atoms with Crippen LogP contribution in [-0.2, 0) is 13.0 Å². The molecule has 0 amide bonds. The highest BCUT2D eigenvalue weighted by Gasteiger charge is 2.10. The van der Waals surface area contributed by atoms with Crippen LogP contribution in [0.4, 0.5) is 0 Å². The summed E-state index contributed by atoms with van der Waals surface area (Å²) in [5.41, 5.74) is 1.87. The molecule has 0 saturated heterocycles. The molecule has 0 fully saturated rings. The van der Waals surface area contributed by atoms with Gasteiger partial charge < -0.3 is 0 Å². The third-order valence-corrected chi connectivity index (χ3v) is 5.62. The van der Waals surface area contributed by atoms with Gasteiger partial charge in [-0.05, 0) is 28.1 Å². The first-order valence-electron chi connectivity index (χ1n) is 7.20. The molecule has 4 aromatic rings. The monoisotopic (exact) mass is 385 g/mol. The van der Waals surface area contributed by atoms with Gasteiger partial charge in [-0.2, -0.15) is 5.10 Å². The Hall–Kier alpha value is -2.05. The Balaban J connectivity index is 1.64. The molecule has 4 nitrogen and oxygen atoms in total. The molecule has 3 aromatic heterocycles. The second-order valence-electron chi connectivity index (χ2n) is 5.24. The third-order valence-electron chi connectivity index (χ3n) is 3.77. The van der Waals surface area contributed by atoms with E-state index < -0.39 is 0 Å². The van der Waals surface area contributed by atoms with Gasteiger partial charge in [0.25, 0.3) is 5.56 Å². The zero-order valence-electron chi connectivity index (χ0n) is 12.1. The van der Waals surface area contributed by atoms with Crippen molar-refractivity contribution in [2.75, 3.05) is 0 Å². The van der Waals surface area contributed by atoms with Crippen molar-refractivity contribution in [2.24, 2.45) is 0 Å². The summed E-state index contributed by atoms with van der Waals surface area (Å²) in [4.78, 5) is 17.1. The summed E-state index contributed by atoms with van der Waals surface area (Å²) in [6.45, 7) is 0.516. The van der Waals surface area contributed by atoms with Crippen LogP contribution in [0.15, 0.2) is 57.2 Å². The number of hydrogen-bond acceptors (Lipinski definition) is 4. The molecular formula is C17H12BrN3OS. The Morgan fingerprint density at radius 1 is 1.17 bits per heavy atom. The van der Waals surface area contributed by atoms with Crippen LogP contribution >= 0.6 is 27.3 Å². The zero-order chi connectivity index (χ0) is 15.8. The lowest BCUT2D eigenvalue weighted by Gasteiger charge is -2.05. The van der Waals surface area contributed by atoms with Crippen LogP contribution < -0.4 is 5.56 Å². The SMILES string of the molecule is O=c1c2c(Br)csc2cnn1CCc1ccc2ccccc2n1. The van der Waals surface area contributed by atoms with Crippen molar-refractivity contribution in [1.29, 1.82) is 0 Å². The fourth-order valence-electron chi connectivity index (χ4n) is 2.58. The van der Waals surface area contributed by atoms with Crippen molar-refractivity contribution in [3.8, 4) is 0 Å². The molecule has 0 radical (unpaired) electrons. The van der Waals surface area contributed by atoms with E-state index in [0.29, 0.717) is 18.4 Å². The summed E-state index contributed by atoms with van der Waals surface area (Å²) < 4.78 is 3.25. The van der Waals surface area contributed by atoms with E-state index in [0.717, 1.165) is 25.8 Å². The minimum atomic E-state index is -0.0589. The van der Waals surface area contributed by atoms with Crippen LogP contribution in [0.1, 0.15) is 5.69 Å². The van der Waals surface area contributed by atoms with Crippen molar-refractivity contribution < 1.29 is 0 Å². The standard InChI is InChI=1S/C17H12BrN3OS/c18-13-10-23-15-9-19-21(17(22)16(13)15)8-7-12-6-5-11-3-1-2-4-14(11)20-12/h1-6,9-10H,7-8H2. The lowest BCUT2D eigenvalue weighted by atomic mass is 10.2. The van der Waals surface area contributed by atoms with Gasteiger partial charge in [-0.3, -0.25) is 9.78 Å². The van der Waals surface area contributed by atoms with Crippen molar-refractivity contribution >= 4 is 48.3 Å². The summed E-state index contributed by atoms with van der Waals surface area (Å²) in [5.74, 6) is 0. The summed E-state index contributed by atoms with van der Waals surface area (Å²) >= 11 is 4.95. The molecule has 0 N–H and O–H groups in total. The number of benzene rings is 1. The average Bonchev–Trinajstić information content (AvgIpc) is 2.96. The van der Waals surface area contributed by atoms with E-state index >= 15 is 0 Å². The average molecular weight is 386 g/mol. The van der Waals surface area contributed by atoms with Gasteiger partial charge in [0.15, 0.2) is 0 Å². The minimum Gasteiger partial charge on any atom is -0.267 e.